The van der Waals surface area contributed by atoms with Gasteiger partial charge in [0.05, 0.1) is 30.4 Å². The van der Waals surface area contributed by atoms with Gasteiger partial charge in [-0.1, -0.05) is 29.3 Å². The van der Waals surface area contributed by atoms with E-state index in [2.05, 4.69) is 10.5 Å². The van der Waals surface area contributed by atoms with E-state index in [4.69, 9.17) is 37.4 Å². The van der Waals surface area contributed by atoms with Crippen molar-refractivity contribution in [3.63, 3.8) is 0 Å². The predicted octanol–water partition coefficient (Wildman–Crippen LogP) is 3.45. The number of nitrogens with one attached hydrogen (secondary N) is 1. The van der Waals surface area contributed by atoms with Crippen LogP contribution >= 0.6 is 23.2 Å². The van der Waals surface area contributed by atoms with Gasteiger partial charge in [-0.2, -0.15) is 5.10 Å². The smallest absolute Gasteiger partial charge is 0.314 e. The first-order valence-corrected chi connectivity index (χ1v) is 8.42. The van der Waals surface area contributed by atoms with Crippen molar-refractivity contribution in [2.75, 3.05) is 20.8 Å². The molecule has 0 bridgehead atoms. The van der Waals surface area contributed by atoms with E-state index in [1.807, 2.05) is 0 Å². The zero-order chi connectivity index (χ0) is 20.7. The number of nitro groups is 1. The normalized spacial score (nSPS) is 10.6. The summed E-state index contributed by atoms with van der Waals surface area (Å²) in [5.41, 5.74) is 2.36. The number of hydrogen-bond acceptors (Lipinski definition) is 7. The standard InChI is InChI=1S/C17H15Cl2N3O6/c1-26-14-5-3-4-10(16(14)27-2)8-20-21-15(23)9-28-17-12(19)6-11(18)7-13(17)22(24)25/h3-8H,9H2,1-2H3,(H,21,23). The molecule has 0 fully saturated rings. The number of para-hydroxylation sites is 1. The Hall–Kier alpha value is -3.04. The van der Waals surface area contributed by atoms with Gasteiger partial charge in [0.1, 0.15) is 0 Å². The molecule has 0 radical (unpaired) electrons. The Balaban J connectivity index is 2.03. The molecule has 0 aliphatic heterocycles. The van der Waals surface area contributed by atoms with Crippen LogP contribution < -0.4 is 19.6 Å². The van der Waals surface area contributed by atoms with Gasteiger partial charge >= 0.3 is 5.69 Å². The van der Waals surface area contributed by atoms with E-state index in [1.165, 1.54) is 26.5 Å². The number of methoxy groups -OCH3 is 2. The molecule has 0 saturated carbocycles. The van der Waals surface area contributed by atoms with Crippen LogP contribution in [0, 0.1) is 10.1 Å². The van der Waals surface area contributed by atoms with Crippen LogP contribution in [0.2, 0.25) is 10.0 Å². The molecular formula is C17H15Cl2N3O6. The van der Waals surface area contributed by atoms with Crippen molar-refractivity contribution in [1.29, 1.82) is 0 Å². The summed E-state index contributed by atoms with van der Waals surface area (Å²) in [6, 6.07) is 7.51. The molecule has 2 aromatic carbocycles. The molecule has 2 rings (SSSR count). The van der Waals surface area contributed by atoms with E-state index in [0.717, 1.165) is 6.07 Å². The molecule has 0 spiro atoms. The summed E-state index contributed by atoms with van der Waals surface area (Å²) in [5, 5.41) is 14.9. The van der Waals surface area contributed by atoms with Crippen LogP contribution in [-0.2, 0) is 4.79 Å². The second-order valence-corrected chi connectivity index (χ2v) is 6.00. The first kappa shape index (κ1) is 21.3. The average Bonchev–Trinajstić information content (AvgIpc) is 2.66. The molecular weight excluding hydrogens is 413 g/mol. The molecule has 2 aromatic rings. The summed E-state index contributed by atoms with van der Waals surface area (Å²) in [4.78, 5) is 22.3. The van der Waals surface area contributed by atoms with Crippen molar-refractivity contribution in [2.24, 2.45) is 5.10 Å². The number of hydrazone groups is 1. The van der Waals surface area contributed by atoms with Gasteiger partial charge in [0, 0.05) is 16.7 Å². The van der Waals surface area contributed by atoms with Gasteiger partial charge < -0.3 is 14.2 Å². The average molecular weight is 428 g/mol. The predicted molar refractivity (Wildman–Crippen MR) is 104 cm³/mol. The maximum atomic E-state index is 11.9. The van der Waals surface area contributed by atoms with E-state index in [9.17, 15) is 14.9 Å². The number of benzene rings is 2. The van der Waals surface area contributed by atoms with E-state index in [-0.39, 0.29) is 15.8 Å². The molecule has 0 aliphatic rings. The summed E-state index contributed by atoms with van der Waals surface area (Å²) >= 11 is 11.6. The highest BCUT2D eigenvalue weighted by atomic mass is 35.5. The fourth-order valence-electron chi connectivity index (χ4n) is 2.18. The highest BCUT2D eigenvalue weighted by molar-refractivity contribution is 6.36. The second-order valence-electron chi connectivity index (χ2n) is 5.16. The number of nitrogens with zero attached hydrogens (tertiary/aromatic N) is 2. The Kier molecular flexibility index (Phi) is 7.42. The Labute approximate surface area is 169 Å². The summed E-state index contributed by atoms with van der Waals surface area (Å²) < 4.78 is 15.6. The minimum absolute atomic E-state index is 0.0744. The van der Waals surface area contributed by atoms with E-state index in [0.29, 0.717) is 17.1 Å². The fourth-order valence-corrected chi connectivity index (χ4v) is 2.72. The quantitative estimate of drug-likeness (QED) is 0.392. The van der Waals surface area contributed by atoms with Crippen molar-refractivity contribution in [3.8, 4) is 17.2 Å². The zero-order valence-electron chi connectivity index (χ0n) is 14.8. The van der Waals surface area contributed by atoms with Crippen LogP contribution in [0.3, 0.4) is 0 Å². The van der Waals surface area contributed by atoms with Gasteiger partial charge in [-0.25, -0.2) is 5.43 Å². The third-order valence-electron chi connectivity index (χ3n) is 3.36. The summed E-state index contributed by atoms with van der Waals surface area (Å²) in [6.45, 7) is -0.547. The number of ether oxygens (including phenoxy) is 3. The van der Waals surface area contributed by atoms with Crippen molar-refractivity contribution >= 4 is 41.0 Å². The van der Waals surface area contributed by atoms with E-state index in [1.54, 1.807) is 18.2 Å². The first-order valence-electron chi connectivity index (χ1n) is 7.66. The number of rotatable bonds is 8. The third kappa shape index (κ3) is 5.24. The van der Waals surface area contributed by atoms with E-state index >= 15 is 0 Å². The Morgan fingerprint density at radius 3 is 2.64 bits per heavy atom. The summed E-state index contributed by atoms with van der Waals surface area (Å²) in [5.74, 6) is 0.0386. The lowest BCUT2D eigenvalue weighted by atomic mass is 10.2. The van der Waals surface area contributed by atoms with Gasteiger partial charge in [-0.05, 0) is 18.2 Å². The van der Waals surface area contributed by atoms with Crippen molar-refractivity contribution < 1.29 is 23.9 Å². The third-order valence-corrected chi connectivity index (χ3v) is 3.86. The topological polar surface area (TPSA) is 112 Å². The summed E-state index contributed by atoms with van der Waals surface area (Å²) in [6.07, 6.45) is 1.36. The number of nitro benzene ring substituents is 1. The maximum Gasteiger partial charge on any atom is 0.314 e. The Morgan fingerprint density at radius 2 is 2.00 bits per heavy atom. The molecule has 0 heterocycles. The van der Waals surface area contributed by atoms with Crippen LogP contribution in [0.15, 0.2) is 35.4 Å². The molecule has 148 valence electrons. The Bertz CT molecular complexity index is 920. The SMILES string of the molecule is COc1cccc(C=NNC(=O)COc2c(Cl)cc(Cl)cc2[N+](=O)[O-])c1OC. The summed E-state index contributed by atoms with van der Waals surface area (Å²) in [7, 11) is 2.98. The molecule has 0 aromatic heterocycles. The Morgan fingerprint density at radius 1 is 1.25 bits per heavy atom. The van der Waals surface area contributed by atoms with E-state index < -0.39 is 23.1 Å². The largest absolute Gasteiger partial charge is 0.493 e. The monoisotopic (exact) mass is 427 g/mol. The van der Waals surface area contributed by atoms with Crippen LogP contribution in [0.4, 0.5) is 5.69 Å². The van der Waals surface area contributed by atoms with Gasteiger partial charge in [0.2, 0.25) is 5.75 Å². The first-order chi connectivity index (χ1) is 13.4. The maximum absolute atomic E-state index is 11.9. The zero-order valence-corrected chi connectivity index (χ0v) is 16.3. The van der Waals surface area contributed by atoms with Crippen LogP contribution in [0.25, 0.3) is 0 Å². The lowest BCUT2D eigenvalue weighted by Crippen LogP contribution is -2.24. The van der Waals surface area contributed by atoms with Crippen LogP contribution in [0.1, 0.15) is 5.56 Å². The second kappa shape index (κ2) is 9.77. The molecule has 0 aliphatic carbocycles. The molecule has 1 amide bonds. The molecule has 1 N–H and O–H groups in total. The van der Waals surface area contributed by atoms with Crippen LogP contribution in [0.5, 0.6) is 17.2 Å². The lowest BCUT2D eigenvalue weighted by molar-refractivity contribution is -0.385. The number of amides is 1. The highest BCUT2D eigenvalue weighted by Gasteiger charge is 2.21. The van der Waals surface area contributed by atoms with Gasteiger partial charge in [-0.15, -0.1) is 0 Å². The minimum atomic E-state index is -0.710. The van der Waals surface area contributed by atoms with Crippen LogP contribution in [-0.4, -0.2) is 37.9 Å². The molecule has 0 saturated heterocycles. The van der Waals surface area contributed by atoms with Gasteiger partial charge in [-0.3, -0.25) is 14.9 Å². The fraction of sp³-hybridized carbons (Fsp3) is 0.176. The van der Waals surface area contributed by atoms with Crippen molar-refractivity contribution in [2.45, 2.75) is 0 Å². The molecule has 9 nitrogen and oxygen atoms in total. The molecule has 0 unspecified atom stereocenters. The molecule has 0 atom stereocenters. The lowest BCUT2D eigenvalue weighted by Gasteiger charge is -2.09. The van der Waals surface area contributed by atoms with Crippen molar-refractivity contribution in [3.05, 3.63) is 56.1 Å². The minimum Gasteiger partial charge on any atom is -0.493 e. The molecule has 28 heavy (non-hydrogen) atoms. The number of carbonyl (C=O) groups is 1. The number of halogens is 2. The highest BCUT2D eigenvalue weighted by Crippen LogP contribution is 2.37. The van der Waals surface area contributed by atoms with Crippen molar-refractivity contribution in [1.82, 2.24) is 5.43 Å². The van der Waals surface area contributed by atoms with Gasteiger partial charge in [0.25, 0.3) is 5.91 Å². The van der Waals surface area contributed by atoms with Gasteiger partial charge in [0.15, 0.2) is 18.1 Å². The molecule has 11 heteroatoms. The number of hydrogen-bond donors (Lipinski definition) is 1. The number of carbonyl (C=O) groups excluding carboxylic acids is 1.